The minimum absolute atomic E-state index is 0.181. The lowest BCUT2D eigenvalue weighted by molar-refractivity contribution is -0.0153. The standard InChI is InChI=1S/C27H44ClO4P/c1-17(2)23-13-7-19(5)15-25(23)31-33(30,27(29)21-9-11-22(28)12-10-21)32-26-16-20(6)8-14-24(26)18(3)4/h9-12,17-20,23-27,29H,7-8,13-16H2,1-6H3/t19-,20-,23+,24+,25+,26+,27-/m0/s1. The predicted molar refractivity (Wildman–Crippen MR) is 136 cm³/mol. The van der Waals surface area contributed by atoms with Crippen LogP contribution >= 0.6 is 19.2 Å². The minimum Gasteiger partial charge on any atom is -0.376 e. The molecule has 33 heavy (non-hydrogen) atoms. The predicted octanol–water partition coefficient (Wildman–Crippen LogP) is 8.48. The van der Waals surface area contributed by atoms with Crippen molar-refractivity contribution in [3.8, 4) is 0 Å². The number of hydrogen-bond donors (Lipinski definition) is 1. The zero-order valence-corrected chi connectivity index (χ0v) is 22.9. The molecule has 0 bridgehead atoms. The van der Waals surface area contributed by atoms with E-state index >= 15 is 0 Å². The van der Waals surface area contributed by atoms with Crippen LogP contribution in [0.4, 0.5) is 0 Å². The Bertz CT molecular complexity index is 758. The number of aliphatic hydroxyl groups excluding tert-OH is 1. The largest absolute Gasteiger partial charge is 0.376 e. The fourth-order valence-corrected chi connectivity index (χ4v) is 7.99. The van der Waals surface area contributed by atoms with E-state index in [2.05, 4.69) is 41.5 Å². The van der Waals surface area contributed by atoms with Gasteiger partial charge in [-0.15, -0.1) is 0 Å². The molecule has 2 aliphatic carbocycles. The summed E-state index contributed by atoms with van der Waals surface area (Å²) in [5, 5.41) is 12.0. The lowest BCUT2D eigenvalue weighted by Gasteiger charge is -2.42. The Morgan fingerprint density at radius 2 is 1.27 bits per heavy atom. The van der Waals surface area contributed by atoms with Gasteiger partial charge in [-0.1, -0.05) is 78.1 Å². The van der Waals surface area contributed by atoms with Crippen molar-refractivity contribution in [2.45, 2.75) is 98.1 Å². The van der Waals surface area contributed by atoms with Gasteiger partial charge in [0.05, 0.1) is 12.2 Å². The van der Waals surface area contributed by atoms with Gasteiger partial charge in [0.1, 0.15) is 0 Å². The van der Waals surface area contributed by atoms with Gasteiger partial charge < -0.3 is 14.2 Å². The number of halogens is 1. The van der Waals surface area contributed by atoms with Crippen LogP contribution in [-0.2, 0) is 13.6 Å². The first-order valence-corrected chi connectivity index (χ1v) is 14.9. The fraction of sp³-hybridized carbons (Fsp3) is 0.778. The maximum atomic E-state index is 14.6. The quantitative estimate of drug-likeness (QED) is 0.365. The van der Waals surface area contributed by atoms with Crippen molar-refractivity contribution in [2.24, 2.45) is 35.5 Å². The highest BCUT2D eigenvalue weighted by molar-refractivity contribution is 7.54. The second-order valence-electron chi connectivity index (χ2n) is 11.4. The van der Waals surface area contributed by atoms with E-state index in [0.29, 0.717) is 46.1 Å². The summed E-state index contributed by atoms with van der Waals surface area (Å²) >= 11 is 6.07. The van der Waals surface area contributed by atoms with Gasteiger partial charge in [0.15, 0.2) is 5.85 Å². The highest BCUT2D eigenvalue weighted by atomic mass is 35.5. The van der Waals surface area contributed by atoms with Gasteiger partial charge in [0.2, 0.25) is 0 Å². The second-order valence-corrected chi connectivity index (χ2v) is 13.8. The number of benzene rings is 1. The third-order valence-corrected chi connectivity index (χ3v) is 10.2. The van der Waals surface area contributed by atoms with E-state index in [4.69, 9.17) is 20.6 Å². The molecule has 7 atom stereocenters. The van der Waals surface area contributed by atoms with Crippen LogP contribution in [0.25, 0.3) is 0 Å². The Morgan fingerprint density at radius 1 is 0.848 bits per heavy atom. The summed E-state index contributed by atoms with van der Waals surface area (Å²) in [6.45, 7) is 13.3. The molecule has 0 spiro atoms. The van der Waals surface area contributed by atoms with Crippen molar-refractivity contribution in [3.05, 3.63) is 34.9 Å². The average Bonchev–Trinajstić information content (AvgIpc) is 2.73. The molecule has 0 radical (unpaired) electrons. The molecule has 6 heteroatoms. The van der Waals surface area contributed by atoms with Crippen LogP contribution in [-0.4, -0.2) is 17.3 Å². The third kappa shape index (κ3) is 6.85. The van der Waals surface area contributed by atoms with Crippen molar-refractivity contribution in [2.75, 3.05) is 0 Å². The molecule has 1 aromatic rings. The van der Waals surface area contributed by atoms with Gasteiger partial charge in [-0.3, -0.25) is 4.57 Å². The molecule has 0 heterocycles. The molecule has 2 aliphatic rings. The molecule has 2 fully saturated rings. The van der Waals surface area contributed by atoms with Gasteiger partial charge in [0.25, 0.3) is 0 Å². The first kappa shape index (κ1) is 27.2. The highest BCUT2D eigenvalue weighted by Gasteiger charge is 2.46. The Hall–Kier alpha value is -0.380. The Labute approximate surface area is 206 Å². The molecule has 188 valence electrons. The Kier molecular flexibility index (Phi) is 9.54. The van der Waals surface area contributed by atoms with E-state index in [1.807, 2.05) is 0 Å². The monoisotopic (exact) mass is 498 g/mol. The second kappa shape index (κ2) is 11.6. The minimum atomic E-state index is -3.88. The van der Waals surface area contributed by atoms with E-state index in [0.717, 1.165) is 38.5 Å². The average molecular weight is 499 g/mol. The van der Waals surface area contributed by atoms with E-state index in [1.165, 1.54) is 0 Å². The molecule has 0 saturated heterocycles. The first-order valence-electron chi connectivity index (χ1n) is 12.9. The lowest BCUT2D eigenvalue weighted by atomic mass is 9.75. The van der Waals surface area contributed by atoms with Crippen LogP contribution < -0.4 is 0 Å². The van der Waals surface area contributed by atoms with Crippen LogP contribution in [0.15, 0.2) is 24.3 Å². The summed E-state index contributed by atoms with van der Waals surface area (Å²) in [4.78, 5) is 0. The van der Waals surface area contributed by atoms with Gasteiger partial charge >= 0.3 is 7.60 Å². The van der Waals surface area contributed by atoms with Crippen molar-refractivity contribution in [3.63, 3.8) is 0 Å². The summed E-state index contributed by atoms with van der Waals surface area (Å²) in [6, 6.07) is 6.87. The highest BCUT2D eigenvalue weighted by Crippen LogP contribution is 2.64. The molecule has 1 N–H and O–H groups in total. The zero-order valence-electron chi connectivity index (χ0n) is 21.2. The summed E-state index contributed by atoms with van der Waals surface area (Å²) < 4.78 is 27.5. The zero-order chi connectivity index (χ0) is 24.3. The summed E-state index contributed by atoms with van der Waals surface area (Å²) in [7, 11) is -3.88. The van der Waals surface area contributed by atoms with Crippen molar-refractivity contribution in [1.82, 2.24) is 0 Å². The molecule has 0 aromatic heterocycles. The van der Waals surface area contributed by atoms with Crippen LogP contribution in [0, 0.1) is 35.5 Å². The molecule has 3 rings (SSSR count). The van der Waals surface area contributed by atoms with Gasteiger partial charge in [-0.25, -0.2) is 0 Å². The van der Waals surface area contributed by atoms with Crippen LogP contribution in [0.1, 0.15) is 91.5 Å². The van der Waals surface area contributed by atoms with E-state index in [1.54, 1.807) is 24.3 Å². The lowest BCUT2D eigenvalue weighted by Crippen LogP contribution is -2.37. The first-order chi connectivity index (χ1) is 15.5. The molecular formula is C27H44ClO4P. The van der Waals surface area contributed by atoms with Gasteiger partial charge in [-0.05, 0) is 78.9 Å². The van der Waals surface area contributed by atoms with E-state index < -0.39 is 13.4 Å². The Balaban J connectivity index is 1.94. The van der Waals surface area contributed by atoms with Gasteiger partial charge in [-0.2, -0.15) is 0 Å². The SMILES string of the molecule is CC(C)[C@H]1CC[C@H](C)C[C@H]1OP(=O)(O[C@@H]1C[C@@H](C)CC[C@@H]1C(C)C)[C@H](O)c1ccc(Cl)cc1. The summed E-state index contributed by atoms with van der Waals surface area (Å²) in [6.07, 6.45) is 5.74. The fourth-order valence-electron chi connectivity index (χ4n) is 5.81. The third-order valence-electron chi connectivity index (χ3n) is 7.95. The maximum Gasteiger partial charge on any atom is 0.363 e. The van der Waals surface area contributed by atoms with Crippen molar-refractivity contribution >= 4 is 19.2 Å². The van der Waals surface area contributed by atoms with Crippen LogP contribution in [0.5, 0.6) is 0 Å². The molecule has 0 aliphatic heterocycles. The molecule has 1 aromatic carbocycles. The molecular weight excluding hydrogens is 455 g/mol. The number of aliphatic hydroxyl groups is 1. The molecule has 2 saturated carbocycles. The van der Waals surface area contributed by atoms with Gasteiger partial charge in [0, 0.05) is 5.02 Å². The molecule has 0 unspecified atom stereocenters. The van der Waals surface area contributed by atoms with E-state index in [-0.39, 0.29) is 12.2 Å². The number of hydrogen-bond acceptors (Lipinski definition) is 4. The van der Waals surface area contributed by atoms with Crippen LogP contribution in [0.2, 0.25) is 5.02 Å². The summed E-state index contributed by atoms with van der Waals surface area (Å²) in [5.74, 6) is 1.13. The van der Waals surface area contributed by atoms with Crippen molar-refractivity contribution in [1.29, 1.82) is 0 Å². The van der Waals surface area contributed by atoms with Crippen LogP contribution in [0.3, 0.4) is 0 Å². The number of rotatable bonds is 8. The smallest absolute Gasteiger partial charge is 0.363 e. The summed E-state index contributed by atoms with van der Waals surface area (Å²) in [5.41, 5.74) is 0.526. The van der Waals surface area contributed by atoms with E-state index in [9.17, 15) is 9.67 Å². The Morgan fingerprint density at radius 3 is 1.67 bits per heavy atom. The maximum absolute atomic E-state index is 14.6. The normalized spacial score (nSPS) is 32.3. The topological polar surface area (TPSA) is 55.8 Å². The molecule has 4 nitrogen and oxygen atoms in total. The van der Waals surface area contributed by atoms with Crippen molar-refractivity contribution < 1.29 is 18.7 Å². The molecule has 0 amide bonds.